The molecule has 0 aromatic rings. The first-order valence-corrected chi connectivity index (χ1v) is 13.9. The van der Waals surface area contributed by atoms with Crippen LogP contribution in [0.25, 0.3) is 0 Å². The average Bonchev–Trinajstić information content (AvgIpc) is 2.60. The van der Waals surface area contributed by atoms with E-state index in [0.717, 1.165) is 0 Å². The Labute approximate surface area is 167 Å². The van der Waals surface area contributed by atoms with E-state index < -0.39 is 33.8 Å². The zero-order chi connectivity index (χ0) is 21.9. The molecule has 0 bridgehead atoms. The summed E-state index contributed by atoms with van der Waals surface area (Å²) in [6, 6.07) is 0. The summed E-state index contributed by atoms with van der Waals surface area (Å²) in [6.45, 7) is 8.28. The average molecular weight is 466 g/mol. The molecule has 28 heavy (non-hydrogen) atoms. The SMILES string of the molecule is CCOP(=O)(OCC)C(CC=O)(P(=O)(OCC)OCC)P(=O)(OCC)OCC. The molecule has 0 atom stereocenters. The molecule has 0 amide bonds. The molecular formula is C15H33O10P3. The van der Waals surface area contributed by atoms with E-state index in [1.807, 2.05) is 0 Å². The van der Waals surface area contributed by atoms with Gasteiger partial charge in [0.05, 0.1) is 39.6 Å². The summed E-state index contributed by atoms with van der Waals surface area (Å²) in [5.74, 6) is 0. The molecule has 0 N–H and O–H groups in total. The van der Waals surface area contributed by atoms with Gasteiger partial charge >= 0.3 is 22.8 Å². The molecule has 0 fully saturated rings. The van der Waals surface area contributed by atoms with Gasteiger partial charge in [-0.3, -0.25) is 13.7 Å². The van der Waals surface area contributed by atoms with Gasteiger partial charge in [-0.1, -0.05) is 0 Å². The molecule has 0 aromatic heterocycles. The predicted molar refractivity (Wildman–Crippen MR) is 106 cm³/mol. The van der Waals surface area contributed by atoms with Gasteiger partial charge in [-0.15, -0.1) is 0 Å². The number of hydrogen-bond donors (Lipinski definition) is 0. The Kier molecular flexibility index (Phi) is 12.8. The van der Waals surface area contributed by atoms with Crippen molar-refractivity contribution >= 4 is 29.1 Å². The van der Waals surface area contributed by atoms with Crippen molar-refractivity contribution in [2.75, 3.05) is 39.6 Å². The van der Waals surface area contributed by atoms with Crippen molar-refractivity contribution in [3.05, 3.63) is 0 Å². The zero-order valence-electron chi connectivity index (χ0n) is 17.5. The highest BCUT2D eigenvalue weighted by Gasteiger charge is 2.77. The minimum absolute atomic E-state index is 0.144. The van der Waals surface area contributed by atoms with Crippen LogP contribution in [-0.4, -0.2) is 50.6 Å². The molecule has 0 rings (SSSR count). The molecule has 168 valence electrons. The zero-order valence-corrected chi connectivity index (χ0v) is 20.1. The van der Waals surface area contributed by atoms with Gasteiger partial charge in [-0.2, -0.15) is 0 Å². The maximum absolute atomic E-state index is 14.0. The van der Waals surface area contributed by atoms with E-state index in [2.05, 4.69) is 0 Å². The molecule has 0 aliphatic carbocycles. The van der Waals surface area contributed by atoms with Crippen LogP contribution < -0.4 is 0 Å². The Morgan fingerprint density at radius 3 is 0.929 bits per heavy atom. The Bertz CT molecular complexity index is 505. The fraction of sp³-hybridized carbons (Fsp3) is 0.933. The van der Waals surface area contributed by atoms with Gasteiger partial charge in [0.1, 0.15) is 6.29 Å². The van der Waals surface area contributed by atoms with Crippen LogP contribution >= 0.6 is 22.8 Å². The molecule has 0 spiro atoms. The highest BCUT2D eigenvalue weighted by atomic mass is 31.3. The molecule has 0 saturated carbocycles. The van der Waals surface area contributed by atoms with Crippen LogP contribution in [-0.2, 0) is 45.6 Å². The van der Waals surface area contributed by atoms with Crippen LogP contribution in [0.15, 0.2) is 0 Å². The lowest BCUT2D eigenvalue weighted by atomic mass is 10.5. The van der Waals surface area contributed by atoms with Gasteiger partial charge < -0.3 is 31.9 Å². The third-order valence-electron chi connectivity index (χ3n) is 3.47. The molecule has 0 saturated heterocycles. The summed E-state index contributed by atoms with van der Waals surface area (Å²) in [5, 5.41) is 0. The first-order chi connectivity index (χ1) is 13.2. The first kappa shape index (κ1) is 28.1. The molecule has 0 aromatic carbocycles. The Morgan fingerprint density at radius 1 is 0.571 bits per heavy atom. The van der Waals surface area contributed by atoms with E-state index in [1.165, 1.54) is 41.5 Å². The lowest BCUT2D eigenvalue weighted by Gasteiger charge is -2.43. The number of carbonyl (C=O) groups excluding carboxylic acids is 1. The third-order valence-corrected chi connectivity index (χ3v) is 14.6. The van der Waals surface area contributed by atoms with Crippen LogP contribution in [0.2, 0.25) is 0 Å². The Balaban J connectivity index is 7.34. The summed E-state index contributed by atoms with van der Waals surface area (Å²) < 4.78 is 71.5. The third kappa shape index (κ3) is 5.42. The second kappa shape index (κ2) is 12.7. The summed E-state index contributed by atoms with van der Waals surface area (Å²) >= 11 is 0. The van der Waals surface area contributed by atoms with Crippen molar-refractivity contribution in [2.24, 2.45) is 0 Å². The molecule has 0 aliphatic heterocycles. The second-order valence-corrected chi connectivity index (χ2v) is 13.0. The summed E-state index contributed by atoms with van der Waals surface area (Å²) in [5.41, 5.74) is 0. The highest BCUT2D eigenvalue weighted by Crippen LogP contribution is 2.92. The van der Waals surface area contributed by atoms with E-state index in [4.69, 9.17) is 27.1 Å². The van der Waals surface area contributed by atoms with Crippen molar-refractivity contribution in [1.82, 2.24) is 0 Å². The maximum atomic E-state index is 14.0. The van der Waals surface area contributed by atoms with E-state index in [-0.39, 0.29) is 39.6 Å². The summed E-state index contributed by atoms with van der Waals surface area (Å²) in [6.07, 6.45) is -0.501. The molecule has 13 heteroatoms. The van der Waals surface area contributed by atoms with Crippen LogP contribution in [0.1, 0.15) is 48.0 Å². The van der Waals surface area contributed by atoms with Crippen LogP contribution in [0.5, 0.6) is 0 Å². The monoisotopic (exact) mass is 466 g/mol. The van der Waals surface area contributed by atoms with E-state index in [0.29, 0.717) is 6.29 Å². The van der Waals surface area contributed by atoms with Gasteiger partial charge in [0.25, 0.3) is 4.64 Å². The molecule has 0 heterocycles. The minimum atomic E-state index is -4.60. The number of aldehydes is 1. The smallest absolute Gasteiger partial charge is 0.308 e. The molecule has 0 aliphatic rings. The van der Waals surface area contributed by atoms with Gasteiger partial charge in [-0.05, 0) is 41.5 Å². The minimum Gasteiger partial charge on any atom is -0.308 e. The number of hydrogen-bond acceptors (Lipinski definition) is 10. The lowest BCUT2D eigenvalue weighted by molar-refractivity contribution is -0.108. The van der Waals surface area contributed by atoms with Crippen molar-refractivity contribution in [3.8, 4) is 0 Å². The van der Waals surface area contributed by atoms with Crippen molar-refractivity contribution in [3.63, 3.8) is 0 Å². The topological polar surface area (TPSA) is 124 Å². The molecule has 0 unspecified atom stereocenters. The largest absolute Gasteiger partial charge is 0.361 e. The van der Waals surface area contributed by atoms with Gasteiger partial charge in [0, 0.05) is 6.42 Å². The summed E-state index contributed by atoms with van der Waals surface area (Å²) in [7, 11) is -13.8. The van der Waals surface area contributed by atoms with Crippen LogP contribution in [0.4, 0.5) is 0 Å². The quantitative estimate of drug-likeness (QED) is 0.213. The highest BCUT2D eigenvalue weighted by molar-refractivity contribution is 7.90. The molecular weight excluding hydrogens is 433 g/mol. The van der Waals surface area contributed by atoms with Crippen LogP contribution in [0.3, 0.4) is 0 Å². The Hall–Kier alpha value is 0.120. The Morgan fingerprint density at radius 2 is 0.786 bits per heavy atom. The summed E-state index contributed by atoms with van der Waals surface area (Å²) in [4.78, 5) is 11.7. The van der Waals surface area contributed by atoms with E-state index >= 15 is 0 Å². The predicted octanol–water partition coefficient (Wildman–Crippen LogP) is 5.03. The second-order valence-electron chi connectivity index (χ2n) is 5.14. The first-order valence-electron chi connectivity index (χ1n) is 9.29. The normalized spacial score (nSPS) is 13.6. The van der Waals surface area contributed by atoms with Crippen molar-refractivity contribution in [1.29, 1.82) is 0 Å². The standard InChI is InChI=1S/C15H33O10P3/c1-7-20-26(17,21-8-2)15(13-14-16,27(18,22-9-3)23-10-4)28(19,24-11-5)25-12-6/h14H,7-13H2,1-6H3. The number of carbonyl (C=O) groups is 1. The lowest BCUT2D eigenvalue weighted by Crippen LogP contribution is -2.35. The maximum Gasteiger partial charge on any atom is 0.361 e. The fourth-order valence-corrected chi connectivity index (χ4v) is 12.7. The molecule has 10 nitrogen and oxygen atoms in total. The number of rotatable bonds is 17. The fourth-order valence-electron chi connectivity index (χ4n) is 2.65. The van der Waals surface area contributed by atoms with Gasteiger partial charge in [0.15, 0.2) is 0 Å². The van der Waals surface area contributed by atoms with Crippen molar-refractivity contribution < 1.29 is 45.6 Å². The van der Waals surface area contributed by atoms with Gasteiger partial charge in [-0.25, -0.2) is 0 Å². The van der Waals surface area contributed by atoms with E-state index in [9.17, 15) is 18.5 Å². The van der Waals surface area contributed by atoms with E-state index in [1.54, 1.807) is 0 Å². The van der Waals surface area contributed by atoms with Crippen LogP contribution in [0, 0.1) is 0 Å². The van der Waals surface area contributed by atoms with Crippen molar-refractivity contribution in [2.45, 2.75) is 52.6 Å². The van der Waals surface area contributed by atoms with Gasteiger partial charge in [0.2, 0.25) is 0 Å². The molecule has 0 radical (unpaired) electrons.